The number of carbonyl (C=O) groups is 8. The van der Waals surface area contributed by atoms with E-state index in [1.165, 1.54) is 55.2 Å². The molecule has 0 atom stereocenters. The van der Waals surface area contributed by atoms with Crippen LogP contribution in [0.15, 0.2) is 121 Å². The molecule has 0 aliphatic carbocycles. The summed E-state index contributed by atoms with van der Waals surface area (Å²) in [6, 6.07) is 14.7. The molecule has 8 aromatic rings. The summed E-state index contributed by atoms with van der Waals surface area (Å²) in [5, 5.41) is 15.9. The van der Waals surface area contributed by atoms with Crippen LogP contribution in [0.4, 0.5) is 0 Å². The number of hydrogen-bond donors (Lipinski definition) is 3. The summed E-state index contributed by atoms with van der Waals surface area (Å²) < 4.78 is 22.3. The van der Waals surface area contributed by atoms with Crippen molar-refractivity contribution in [3.05, 3.63) is 166 Å². The third-order valence-corrected chi connectivity index (χ3v) is 10.6. The van der Waals surface area contributed by atoms with Crippen LogP contribution in [-0.2, 0) is 46.2 Å². The minimum Gasteiger partial charge on any atom is -0.488 e. The molecule has 0 amide bonds. The maximum absolute atomic E-state index is 11.8. The molecule has 0 spiro atoms. The average Bonchev–Trinajstić information content (AvgIpc) is 4.23. The number of aromatic nitrogens is 8. The van der Waals surface area contributed by atoms with Crippen LogP contribution >= 0.6 is 15.9 Å². The number of hydrogen-bond acceptors (Lipinski definition) is 17. The number of aromatic carboxylic acids is 1. The Bertz CT molecular complexity index is 3420. The molecule has 0 saturated carbocycles. The van der Waals surface area contributed by atoms with Gasteiger partial charge in [0.2, 0.25) is 0 Å². The Kier molecular flexibility index (Phi) is 29.2. The van der Waals surface area contributed by atoms with Crippen LogP contribution in [0.1, 0.15) is 120 Å². The molecule has 0 radical (unpaired) electrons. The number of rotatable bonds is 16. The monoisotopic (exact) mass is 1140 g/mol. The van der Waals surface area contributed by atoms with Gasteiger partial charge in [0.25, 0.3) is 0 Å². The van der Waals surface area contributed by atoms with E-state index in [1.807, 2.05) is 48.2 Å². The molecule has 0 aliphatic heterocycles. The van der Waals surface area contributed by atoms with E-state index in [0.717, 1.165) is 26.8 Å². The number of ether oxygens (including phenoxy) is 3. The Hall–Kier alpha value is -8.24. The number of nitrogens with two attached hydrogens (primary N) is 1. The number of ketones is 4. The second kappa shape index (κ2) is 34.5. The van der Waals surface area contributed by atoms with Gasteiger partial charge in [-0.05, 0) is 149 Å². The fourth-order valence-electron chi connectivity index (χ4n) is 6.48. The minimum atomic E-state index is -1.01. The molecule has 0 aromatic carbocycles. The first kappa shape index (κ1) is 66.9. The predicted octanol–water partition coefficient (Wildman–Crippen LogP) is 5.36. The van der Waals surface area contributed by atoms with Gasteiger partial charge in [0.05, 0.1) is 44.6 Å². The Morgan fingerprint density at radius 2 is 0.924 bits per heavy atom. The first-order chi connectivity index (χ1) is 37.2. The molecular weight excluding hydrogens is 1080 g/mol. The second-order valence-electron chi connectivity index (χ2n) is 16.1. The Morgan fingerprint density at radius 3 is 1.28 bits per heavy atom. The third-order valence-electron chi connectivity index (χ3n) is 10.1. The summed E-state index contributed by atoms with van der Waals surface area (Å²) in [6.45, 7) is 15.6. The van der Waals surface area contributed by atoms with E-state index < -0.39 is 17.9 Å². The van der Waals surface area contributed by atoms with Gasteiger partial charge >= 0.3 is 42.7 Å². The molecule has 0 aliphatic rings. The van der Waals surface area contributed by atoms with Crippen LogP contribution in [0.25, 0.3) is 34.3 Å². The van der Waals surface area contributed by atoms with Gasteiger partial charge in [-0.25, -0.2) is 39.1 Å². The SMILES string of the molecule is C=CC(C)=O.CC(=O)CCc1ccc2ncc(C(=O)O)n2c1.CCOC(=O)c1cnc2ccc(/C=C/C(C)=O)cn12.CCOC(=O)c1cnc2ccc(Br)cn12.CCOC(=O)c1cnc2ccc(CCC(C)=O)cn12.N[N-]O.[Li+]. The minimum absolute atomic E-state index is 0. The Balaban J connectivity index is 0.000000343. The summed E-state index contributed by atoms with van der Waals surface area (Å²) >= 11 is 3.34. The van der Waals surface area contributed by atoms with Crippen LogP contribution in [0, 0.1) is 0 Å². The molecule has 0 fully saturated rings. The molecule has 79 heavy (non-hydrogen) atoms. The molecule has 4 N–H and O–H groups in total. The Labute approximate surface area is 474 Å². The largest absolute Gasteiger partial charge is 1.00 e. The smallest absolute Gasteiger partial charge is 0.488 e. The Morgan fingerprint density at radius 1 is 0.582 bits per heavy atom. The van der Waals surface area contributed by atoms with E-state index in [4.69, 9.17) is 24.5 Å². The average molecular weight is 1140 g/mol. The van der Waals surface area contributed by atoms with E-state index >= 15 is 0 Å². The van der Waals surface area contributed by atoms with Crippen LogP contribution in [-0.4, -0.2) is 115 Å². The van der Waals surface area contributed by atoms with Crippen molar-refractivity contribution < 1.29 is 81.7 Å². The van der Waals surface area contributed by atoms with Crippen LogP contribution in [0.5, 0.6) is 0 Å². The predicted molar refractivity (Wildman–Crippen MR) is 291 cm³/mol. The molecule has 25 heteroatoms. The molecule has 8 aromatic heterocycles. The fourth-order valence-corrected chi connectivity index (χ4v) is 6.81. The van der Waals surface area contributed by atoms with E-state index in [0.29, 0.717) is 79.5 Å². The van der Waals surface area contributed by atoms with Crippen LogP contribution < -0.4 is 24.7 Å². The number of allylic oxidation sites excluding steroid dienone is 2. The summed E-state index contributed by atoms with van der Waals surface area (Å²) in [5.74, 6) is 2.11. The molecule has 0 bridgehead atoms. The zero-order chi connectivity index (χ0) is 57.9. The van der Waals surface area contributed by atoms with E-state index in [9.17, 15) is 38.4 Å². The molecule has 8 rings (SSSR count). The van der Waals surface area contributed by atoms with Gasteiger partial charge in [-0.3, -0.25) is 27.2 Å². The van der Waals surface area contributed by atoms with Crippen molar-refractivity contribution in [1.29, 1.82) is 0 Å². The number of carboxylic acid groups (broad SMARTS) is 1. The number of aryl methyl sites for hydroxylation is 2. The first-order valence-corrected chi connectivity index (χ1v) is 24.6. The summed E-state index contributed by atoms with van der Waals surface area (Å²) in [7, 11) is 0. The van der Waals surface area contributed by atoms with Crippen molar-refractivity contribution in [3.8, 4) is 0 Å². The standard InChI is InChI=1S/C14H16N2O3.C14H14N2O3.C12H12N2O3.C10H9BrN2O2.C4H6O.Li.H3N2O/c2*1-3-19-14(18)12-8-15-13-7-6-11(9-16(12)13)5-4-10(2)17;1-8(15)2-3-9-4-5-11-13-6-10(12(16)17)14(11)7-9;1-2-15-10(14)8-5-12-9-4-3-7(11)6-13(8)9;1-3-4(2)5;;1-2-3/h6-9H,3-5H2,1-2H3;4-9H,3H2,1-2H3;4-7H,2-3H2,1H3,(H,16,17);3-6H,2H2,1H3;3H,1H2,2H3;;3H,1H2/q;;;;;+1;-1/b;5-4+;;;;;. The van der Waals surface area contributed by atoms with Gasteiger partial charge in [0.1, 0.15) is 34.2 Å². The number of Topliss-reactive ketones (excluding diaryl/α,β-unsaturated/α-hetero) is 2. The van der Waals surface area contributed by atoms with E-state index in [2.05, 4.69) is 48.3 Å². The van der Waals surface area contributed by atoms with Gasteiger partial charge < -0.3 is 45.5 Å². The van der Waals surface area contributed by atoms with Crippen LogP contribution in [0.2, 0.25) is 0 Å². The topological polar surface area (TPSA) is 314 Å². The number of esters is 3. The van der Waals surface area contributed by atoms with Gasteiger partial charge in [-0.2, -0.15) is 0 Å². The van der Waals surface area contributed by atoms with Crippen LogP contribution in [0.3, 0.4) is 0 Å². The van der Waals surface area contributed by atoms with Crippen molar-refractivity contribution in [3.63, 3.8) is 0 Å². The maximum atomic E-state index is 11.8. The quantitative estimate of drug-likeness (QED) is 0.0274. The van der Waals surface area contributed by atoms with Crippen molar-refractivity contribution in [2.24, 2.45) is 5.84 Å². The van der Waals surface area contributed by atoms with Gasteiger partial charge in [0, 0.05) is 42.1 Å². The molecular formula is C54H60BrLiN10O13. The third kappa shape index (κ3) is 21.6. The normalized spacial score (nSPS) is 10.2. The second-order valence-corrected chi connectivity index (χ2v) is 17.0. The molecule has 8 heterocycles. The van der Waals surface area contributed by atoms with E-state index in [-0.39, 0.29) is 53.7 Å². The number of imidazole rings is 4. The summed E-state index contributed by atoms with van der Waals surface area (Å²) in [4.78, 5) is 105. The van der Waals surface area contributed by atoms with Gasteiger partial charge in [0.15, 0.2) is 34.3 Å². The number of carboxylic acids is 1. The number of fused-ring (bicyclic) bond motifs is 4. The fraction of sp³-hybridized carbons (Fsp3) is 0.259. The number of pyridine rings is 4. The van der Waals surface area contributed by atoms with E-state index in [1.54, 1.807) is 84.6 Å². The van der Waals surface area contributed by atoms with Crippen molar-refractivity contribution in [1.82, 2.24) is 37.5 Å². The number of carbonyl (C=O) groups excluding carboxylic acids is 7. The zero-order valence-electron chi connectivity index (χ0n) is 45.0. The molecule has 0 saturated heterocycles. The summed E-state index contributed by atoms with van der Waals surface area (Å²) in [6.07, 6.45) is 19.6. The number of halogens is 1. The van der Waals surface area contributed by atoms with Crippen molar-refractivity contribution in [2.45, 2.75) is 74.1 Å². The van der Waals surface area contributed by atoms with Gasteiger partial charge in [-0.1, -0.05) is 18.7 Å². The summed E-state index contributed by atoms with van der Waals surface area (Å²) in [5.41, 5.74) is 8.73. The molecule has 0 unspecified atom stereocenters. The zero-order valence-corrected chi connectivity index (χ0v) is 46.6. The van der Waals surface area contributed by atoms with Crippen molar-refractivity contribution >= 4 is 91.6 Å². The van der Waals surface area contributed by atoms with Crippen molar-refractivity contribution in [2.75, 3.05) is 19.8 Å². The molecule has 412 valence electrons. The molecule has 23 nitrogen and oxygen atoms in total. The van der Waals surface area contributed by atoms with Gasteiger partial charge in [-0.15, -0.1) is 0 Å². The first-order valence-electron chi connectivity index (χ1n) is 23.8. The maximum Gasteiger partial charge on any atom is 1.00 e. The number of nitrogens with zero attached hydrogens (tertiary/aromatic N) is 9.